The van der Waals surface area contributed by atoms with Gasteiger partial charge >= 0.3 is 0 Å². The summed E-state index contributed by atoms with van der Waals surface area (Å²) >= 11 is 5.97. The second-order valence-electron chi connectivity index (χ2n) is 14.5. The van der Waals surface area contributed by atoms with Crippen molar-refractivity contribution in [2.45, 2.75) is 69.1 Å². The van der Waals surface area contributed by atoms with Crippen molar-refractivity contribution in [1.82, 2.24) is 37.2 Å². The summed E-state index contributed by atoms with van der Waals surface area (Å²) in [6.45, 7) is -1.33. The fourth-order valence-electron chi connectivity index (χ4n) is 5.99. The normalized spacial score (nSPS) is 12.6. The topological polar surface area (TPSA) is 293 Å². The van der Waals surface area contributed by atoms with Crippen molar-refractivity contribution in [3.05, 3.63) is 101 Å². The van der Waals surface area contributed by atoms with Gasteiger partial charge < -0.3 is 53.8 Å². The molecule has 3 rings (SSSR count). The molecule has 0 heterocycles. The van der Waals surface area contributed by atoms with Gasteiger partial charge in [-0.2, -0.15) is 0 Å². The SMILES string of the molecule is CSSCC(NC(=O)CCc1ccc(Cl)cc1)C(=O)NC(Cc1ccccc1)C(=O)NCC(=O)NC(CCCCN)C(=O)NCC(=O)NCC(=O)NC(Cc1ccc(O)cc1)C(N)=O. The highest BCUT2D eigenvalue weighted by atomic mass is 35.5. The molecule has 0 spiro atoms. The molecule has 346 valence electrons. The Morgan fingerprint density at radius 1 is 0.609 bits per heavy atom. The van der Waals surface area contributed by atoms with E-state index < -0.39 is 85.2 Å². The van der Waals surface area contributed by atoms with Crippen LogP contribution >= 0.6 is 33.2 Å². The maximum atomic E-state index is 13.7. The van der Waals surface area contributed by atoms with Crippen molar-refractivity contribution in [1.29, 1.82) is 0 Å². The predicted octanol–water partition coefficient (Wildman–Crippen LogP) is 0.377. The summed E-state index contributed by atoms with van der Waals surface area (Å²) in [7, 11) is 2.77. The number of rotatable bonds is 28. The lowest BCUT2D eigenvalue weighted by Gasteiger charge is -2.23. The zero-order chi connectivity index (χ0) is 46.9. The van der Waals surface area contributed by atoms with Gasteiger partial charge in [0.15, 0.2) is 0 Å². The predicted molar refractivity (Wildman–Crippen MR) is 247 cm³/mol. The fraction of sp³-hybridized carbons (Fsp3) is 0.395. The van der Waals surface area contributed by atoms with Gasteiger partial charge in [-0.05, 0) is 79.4 Å². The Morgan fingerprint density at radius 3 is 1.78 bits per heavy atom. The molecule has 0 aromatic heterocycles. The van der Waals surface area contributed by atoms with Crippen molar-refractivity contribution >= 4 is 80.4 Å². The first-order valence-corrected chi connectivity index (χ1v) is 23.5. The summed E-state index contributed by atoms with van der Waals surface area (Å²) in [6.07, 6.45) is 3.60. The number of aromatic hydroxyl groups is 1. The Balaban J connectivity index is 1.57. The average Bonchev–Trinajstić information content (AvgIpc) is 3.28. The number of unbranched alkanes of at least 4 members (excludes halogenated alkanes) is 1. The molecule has 3 aromatic carbocycles. The molecule has 0 aliphatic heterocycles. The maximum absolute atomic E-state index is 13.7. The minimum Gasteiger partial charge on any atom is -0.508 e. The molecule has 0 aliphatic carbocycles. The van der Waals surface area contributed by atoms with E-state index in [1.807, 2.05) is 18.4 Å². The molecule has 21 heteroatoms. The van der Waals surface area contributed by atoms with Crippen LogP contribution in [-0.4, -0.2) is 115 Å². The van der Waals surface area contributed by atoms with E-state index in [9.17, 15) is 43.5 Å². The standard InChI is InChI=1S/C43H56ClN9O9S2/c1-63-64-26-35(52-36(55)19-14-27-10-15-30(44)16-11-27)43(62)53-34(22-28-7-3-2-4-8-28)42(61)49-25-39(58)50-32(9-5-6-20-45)41(60)48-23-37(56)47-24-38(57)51-33(40(46)59)21-29-12-17-31(54)18-13-29/h2-4,7-8,10-13,15-18,32-35,54H,5-6,9,14,19-26,45H2,1H3,(H2,46,59)(H,47,56)(H,48,60)(H,49,61)(H,50,58)(H,51,57)(H,52,55)(H,53,62). The largest absolute Gasteiger partial charge is 0.508 e. The number of benzene rings is 3. The third-order valence-corrected chi connectivity index (χ3v) is 11.5. The summed E-state index contributed by atoms with van der Waals surface area (Å²) in [5.41, 5.74) is 13.3. The summed E-state index contributed by atoms with van der Waals surface area (Å²) < 4.78 is 0. The van der Waals surface area contributed by atoms with Gasteiger partial charge in [-0.15, -0.1) is 0 Å². The van der Waals surface area contributed by atoms with E-state index in [4.69, 9.17) is 23.1 Å². The zero-order valence-electron chi connectivity index (χ0n) is 35.4. The number of primary amides is 1. The van der Waals surface area contributed by atoms with Crippen LogP contribution in [0, 0.1) is 0 Å². The number of carbonyl (C=O) groups is 8. The van der Waals surface area contributed by atoms with E-state index in [0.717, 1.165) is 11.1 Å². The minimum absolute atomic E-state index is 0.0248. The summed E-state index contributed by atoms with van der Waals surface area (Å²) in [5.74, 6) is -5.11. The molecule has 0 aliphatic rings. The van der Waals surface area contributed by atoms with Crippen LogP contribution in [-0.2, 0) is 57.6 Å². The van der Waals surface area contributed by atoms with Crippen LogP contribution in [0.5, 0.6) is 5.75 Å². The summed E-state index contributed by atoms with van der Waals surface area (Å²) in [4.78, 5) is 104. The number of amides is 8. The molecule has 4 unspecified atom stereocenters. The molecule has 18 nitrogen and oxygen atoms in total. The highest BCUT2D eigenvalue weighted by molar-refractivity contribution is 8.76. The van der Waals surface area contributed by atoms with Crippen LogP contribution in [0.4, 0.5) is 0 Å². The van der Waals surface area contributed by atoms with Crippen LogP contribution in [0.2, 0.25) is 5.02 Å². The fourth-order valence-corrected chi connectivity index (χ4v) is 7.44. The molecule has 12 N–H and O–H groups in total. The molecule has 0 radical (unpaired) electrons. The van der Waals surface area contributed by atoms with Crippen molar-refractivity contribution < 1.29 is 43.5 Å². The number of nitrogens with one attached hydrogen (secondary N) is 7. The molecule has 0 bridgehead atoms. The van der Waals surface area contributed by atoms with E-state index in [0.29, 0.717) is 36.4 Å². The van der Waals surface area contributed by atoms with Gasteiger partial charge in [0.1, 0.15) is 29.9 Å². The summed E-state index contributed by atoms with van der Waals surface area (Å²) in [5, 5.41) is 27.9. The van der Waals surface area contributed by atoms with Crippen molar-refractivity contribution in [3.63, 3.8) is 0 Å². The monoisotopic (exact) mass is 941 g/mol. The average molecular weight is 943 g/mol. The highest BCUT2D eigenvalue weighted by Crippen LogP contribution is 2.18. The van der Waals surface area contributed by atoms with Crippen molar-refractivity contribution in [2.75, 3.05) is 38.2 Å². The number of halogens is 1. The molecule has 0 fully saturated rings. The molecular weight excluding hydrogens is 886 g/mol. The number of phenols is 1. The smallest absolute Gasteiger partial charge is 0.244 e. The third-order valence-electron chi connectivity index (χ3n) is 9.42. The van der Waals surface area contributed by atoms with Gasteiger partial charge in [-0.25, -0.2) is 0 Å². The number of phenolic OH excluding ortho intramolecular Hbond substituents is 1. The van der Waals surface area contributed by atoms with Gasteiger partial charge in [-0.3, -0.25) is 38.4 Å². The van der Waals surface area contributed by atoms with Crippen LogP contribution in [0.1, 0.15) is 42.4 Å². The van der Waals surface area contributed by atoms with Crippen molar-refractivity contribution in [3.8, 4) is 5.75 Å². The quantitative estimate of drug-likeness (QED) is 0.0349. The van der Waals surface area contributed by atoms with Gasteiger partial charge in [0.2, 0.25) is 47.3 Å². The Kier molecular flexibility index (Phi) is 23.6. The van der Waals surface area contributed by atoms with Gasteiger partial charge in [0, 0.05) is 30.0 Å². The van der Waals surface area contributed by atoms with Gasteiger partial charge in [0.25, 0.3) is 0 Å². The van der Waals surface area contributed by atoms with E-state index in [1.165, 1.54) is 33.7 Å². The number of aryl methyl sites for hydroxylation is 1. The van der Waals surface area contributed by atoms with Crippen molar-refractivity contribution in [2.24, 2.45) is 11.5 Å². The first-order chi connectivity index (χ1) is 30.7. The Bertz CT molecular complexity index is 2020. The first-order valence-electron chi connectivity index (χ1n) is 20.4. The first kappa shape index (κ1) is 52.5. The lowest BCUT2D eigenvalue weighted by atomic mass is 10.0. The molecule has 0 saturated heterocycles. The number of carbonyl (C=O) groups excluding carboxylic acids is 8. The second kappa shape index (κ2) is 28.8. The van der Waals surface area contributed by atoms with Crippen LogP contribution in [0.15, 0.2) is 78.9 Å². The lowest BCUT2D eigenvalue weighted by Crippen LogP contribution is -2.56. The van der Waals surface area contributed by atoms with Gasteiger partial charge in [-0.1, -0.05) is 87.8 Å². The Morgan fingerprint density at radius 2 is 1.16 bits per heavy atom. The molecule has 4 atom stereocenters. The van der Waals surface area contributed by atoms with E-state index in [1.54, 1.807) is 54.6 Å². The third kappa shape index (κ3) is 20.6. The number of hydrogen-bond donors (Lipinski definition) is 10. The van der Waals surface area contributed by atoms with Crippen LogP contribution in [0.3, 0.4) is 0 Å². The molecule has 8 amide bonds. The Hall–Kier alpha value is -5.83. The maximum Gasteiger partial charge on any atom is 0.244 e. The lowest BCUT2D eigenvalue weighted by molar-refractivity contribution is -0.133. The van der Waals surface area contributed by atoms with E-state index in [-0.39, 0.29) is 43.1 Å². The number of hydrogen-bond acceptors (Lipinski definition) is 12. The molecule has 64 heavy (non-hydrogen) atoms. The highest BCUT2D eigenvalue weighted by Gasteiger charge is 2.28. The molecular formula is C43H56ClN9O9S2. The van der Waals surface area contributed by atoms with E-state index >= 15 is 0 Å². The van der Waals surface area contributed by atoms with E-state index in [2.05, 4.69) is 37.2 Å². The minimum atomic E-state index is -1.15. The Labute approximate surface area is 384 Å². The van der Waals surface area contributed by atoms with Crippen LogP contribution in [0.25, 0.3) is 0 Å². The molecule has 3 aromatic rings. The van der Waals surface area contributed by atoms with Gasteiger partial charge in [0.05, 0.1) is 19.6 Å². The summed E-state index contributed by atoms with van der Waals surface area (Å²) in [6, 6.07) is 17.6. The zero-order valence-corrected chi connectivity index (χ0v) is 37.8. The van der Waals surface area contributed by atoms with Crippen LogP contribution < -0.4 is 48.7 Å². The molecule has 0 saturated carbocycles. The number of nitrogens with two attached hydrogens (primary N) is 2. The second-order valence-corrected chi connectivity index (χ2v) is 17.5.